The fourth-order valence-corrected chi connectivity index (χ4v) is 2.73. The monoisotopic (exact) mass is 278 g/mol. The molecule has 0 bridgehead atoms. The number of hydrogen-bond donors (Lipinski definition) is 3. The Bertz CT molecular complexity index is 493. The van der Waals surface area contributed by atoms with E-state index in [1.807, 2.05) is 23.6 Å². The van der Waals surface area contributed by atoms with E-state index >= 15 is 0 Å². The molecule has 0 aliphatic rings. The van der Waals surface area contributed by atoms with Crippen LogP contribution >= 0.6 is 11.3 Å². The number of aromatic amines is 1. The first-order chi connectivity index (χ1) is 9.16. The topological polar surface area (TPSA) is 69.8 Å². The Kier molecular flexibility index (Phi) is 4.57. The van der Waals surface area contributed by atoms with Gasteiger partial charge in [0.1, 0.15) is 0 Å². The van der Waals surface area contributed by atoms with Gasteiger partial charge in [0.05, 0.1) is 18.3 Å². The van der Waals surface area contributed by atoms with Crippen LogP contribution in [0.3, 0.4) is 0 Å². The van der Waals surface area contributed by atoms with Crippen molar-refractivity contribution in [2.45, 2.75) is 26.4 Å². The summed E-state index contributed by atoms with van der Waals surface area (Å²) in [7, 11) is 0. The van der Waals surface area contributed by atoms with Gasteiger partial charge in [-0.05, 0) is 23.4 Å². The molecule has 0 aromatic carbocycles. The number of H-pyrrole nitrogens is 1. The SMILES string of the molecule is CC(C)[C@H](NC(=O)NCc1ccn[nH]1)c1cccs1. The quantitative estimate of drug-likeness (QED) is 0.787. The van der Waals surface area contributed by atoms with Crippen molar-refractivity contribution in [3.63, 3.8) is 0 Å². The predicted molar refractivity (Wildman–Crippen MR) is 75.9 cm³/mol. The number of urea groups is 1. The molecule has 0 aliphatic carbocycles. The Labute approximate surface area is 116 Å². The van der Waals surface area contributed by atoms with E-state index in [-0.39, 0.29) is 12.1 Å². The maximum Gasteiger partial charge on any atom is 0.315 e. The fraction of sp³-hybridized carbons (Fsp3) is 0.385. The second-order valence-electron chi connectivity index (χ2n) is 4.65. The van der Waals surface area contributed by atoms with Crippen LogP contribution < -0.4 is 10.6 Å². The first-order valence-electron chi connectivity index (χ1n) is 6.23. The molecular formula is C13H18N4OS. The minimum Gasteiger partial charge on any atom is -0.333 e. The average Bonchev–Trinajstić information content (AvgIpc) is 3.05. The minimum atomic E-state index is -0.165. The molecule has 2 rings (SSSR count). The minimum absolute atomic E-state index is 0.0433. The molecule has 2 heterocycles. The van der Waals surface area contributed by atoms with Gasteiger partial charge in [-0.2, -0.15) is 5.10 Å². The molecule has 2 aromatic heterocycles. The molecule has 102 valence electrons. The van der Waals surface area contributed by atoms with Gasteiger partial charge in [0, 0.05) is 11.1 Å². The highest BCUT2D eigenvalue weighted by Gasteiger charge is 2.18. The first kappa shape index (κ1) is 13.6. The molecule has 19 heavy (non-hydrogen) atoms. The van der Waals surface area contributed by atoms with Gasteiger partial charge in [0.25, 0.3) is 0 Å². The number of carbonyl (C=O) groups is 1. The van der Waals surface area contributed by atoms with E-state index in [2.05, 4.69) is 34.7 Å². The number of nitrogens with zero attached hydrogens (tertiary/aromatic N) is 1. The molecule has 0 saturated heterocycles. The summed E-state index contributed by atoms with van der Waals surface area (Å²) in [5.74, 6) is 0.344. The number of carbonyl (C=O) groups excluding carboxylic acids is 1. The van der Waals surface area contributed by atoms with Crippen molar-refractivity contribution in [1.29, 1.82) is 0 Å². The Morgan fingerprint density at radius 3 is 2.89 bits per heavy atom. The highest BCUT2D eigenvalue weighted by atomic mass is 32.1. The van der Waals surface area contributed by atoms with Crippen molar-refractivity contribution in [2.24, 2.45) is 5.92 Å². The van der Waals surface area contributed by atoms with Crippen LogP contribution in [0.15, 0.2) is 29.8 Å². The van der Waals surface area contributed by atoms with E-state index in [4.69, 9.17) is 0 Å². The molecule has 3 N–H and O–H groups in total. The third kappa shape index (κ3) is 3.82. The third-order valence-electron chi connectivity index (χ3n) is 2.80. The van der Waals surface area contributed by atoms with E-state index in [0.29, 0.717) is 12.5 Å². The lowest BCUT2D eigenvalue weighted by atomic mass is 10.0. The van der Waals surface area contributed by atoms with Crippen LogP contribution in [0.25, 0.3) is 0 Å². The summed E-state index contributed by atoms with van der Waals surface area (Å²) in [6, 6.07) is 5.76. The summed E-state index contributed by atoms with van der Waals surface area (Å²) < 4.78 is 0. The van der Waals surface area contributed by atoms with Crippen LogP contribution in [-0.4, -0.2) is 16.2 Å². The van der Waals surface area contributed by atoms with Crippen molar-refractivity contribution in [3.8, 4) is 0 Å². The maximum atomic E-state index is 11.9. The molecule has 0 saturated carbocycles. The molecule has 0 spiro atoms. The number of amides is 2. The van der Waals surface area contributed by atoms with Crippen LogP contribution in [-0.2, 0) is 6.54 Å². The van der Waals surface area contributed by atoms with Crippen molar-refractivity contribution >= 4 is 17.4 Å². The van der Waals surface area contributed by atoms with E-state index in [0.717, 1.165) is 5.69 Å². The molecule has 0 radical (unpaired) electrons. The zero-order valence-corrected chi connectivity index (χ0v) is 11.8. The van der Waals surface area contributed by atoms with Crippen molar-refractivity contribution in [2.75, 3.05) is 0 Å². The number of nitrogens with one attached hydrogen (secondary N) is 3. The Morgan fingerprint density at radius 2 is 2.32 bits per heavy atom. The summed E-state index contributed by atoms with van der Waals surface area (Å²) in [5, 5.41) is 14.5. The van der Waals surface area contributed by atoms with E-state index in [9.17, 15) is 4.79 Å². The highest BCUT2D eigenvalue weighted by Crippen LogP contribution is 2.25. The number of thiophene rings is 1. The van der Waals surface area contributed by atoms with E-state index in [1.165, 1.54) is 4.88 Å². The summed E-state index contributed by atoms with van der Waals surface area (Å²) >= 11 is 1.66. The average molecular weight is 278 g/mol. The van der Waals surface area contributed by atoms with Crippen LogP contribution in [0.2, 0.25) is 0 Å². The maximum absolute atomic E-state index is 11.9. The standard InChI is InChI=1S/C13H18N4OS/c1-9(2)12(11-4-3-7-19-11)16-13(18)14-8-10-5-6-15-17-10/h3-7,9,12H,8H2,1-2H3,(H,15,17)(H2,14,16,18)/t12-/m0/s1. The lowest BCUT2D eigenvalue weighted by Crippen LogP contribution is -2.39. The van der Waals surface area contributed by atoms with Crippen molar-refractivity contribution in [3.05, 3.63) is 40.3 Å². The first-order valence-corrected chi connectivity index (χ1v) is 7.11. The molecule has 5 nitrogen and oxygen atoms in total. The van der Waals surface area contributed by atoms with Gasteiger partial charge in [-0.15, -0.1) is 11.3 Å². The van der Waals surface area contributed by atoms with Crippen LogP contribution in [0.4, 0.5) is 4.79 Å². The number of aromatic nitrogens is 2. The van der Waals surface area contributed by atoms with Gasteiger partial charge in [0.2, 0.25) is 0 Å². The summed E-state index contributed by atoms with van der Waals surface area (Å²) in [6.07, 6.45) is 1.66. The summed E-state index contributed by atoms with van der Waals surface area (Å²) in [4.78, 5) is 13.1. The van der Waals surface area contributed by atoms with E-state index < -0.39 is 0 Å². The second-order valence-corrected chi connectivity index (χ2v) is 5.63. The Morgan fingerprint density at radius 1 is 1.47 bits per heavy atom. The highest BCUT2D eigenvalue weighted by molar-refractivity contribution is 7.10. The predicted octanol–water partition coefficient (Wildman–Crippen LogP) is 2.67. The zero-order chi connectivity index (χ0) is 13.7. The molecule has 0 unspecified atom stereocenters. The second kappa shape index (κ2) is 6.38. The Hall–Kier alpha value is -1.82. The van der Waals surface area contributed by atoms with Gasteiger partial charge in [0.15, 0.2) is 0 Å². The van der Waals surface area contributed by atoms with Crippen molar-refractivity contribution in [1.82, 2.24) is 20.8 Å². The normalized spacial score (nSPS) is 12.4. The molecular weight excluding hydrogens is 260 g/mol. The molecule has 0 aliphatic heterocycles. The van der Waals surface area contributed by atoms with Gasteiger partial charge >= 0.3 is 6.03 Å². The third-order valence-corrected chi connectivity index (χ3v) is 3.76. The fourth-order valence-electron chi connectivity index (χ4n) is 1.79. The molecule has 6 heteroatoms. The molecule has 1 atom stereocenters. The van der Waals surface area contributed by atoms with Crippen molar-refractivity contribution < 1.29 is 4.79 Å². The number of hydrogen-bond acceptors (Lipinski definition) is 3. The number of rotatable bonds is 5. The van der Waals surface area contributed by atoms with Gasteiger partial charge in [-0.25, -0.2) is 4.79 Å². The Balaban J connectivity index is 1.89. The summed E-state index contributed by atoms with van der Waals surface area (Å²) in [6.45, 7) is 4.64. The molecule has 0 fully saturated rings. The molecule has 2 amide bonds. The smallest absolute Gasteiger partial charge is 0.315 e. The summed E-state index contributed by atoms with van der Waals surface area (Å²) in [5.41, 5.74) is 0.882. The lowest BCUT2D eigenvalue weighted by molar-refractivity contribution is 0.233. The molecule has 2 aromatic rings. The van der Waals surface area contributed by atoms with E-state index in [1.54, 1.807) is 17.5 Å². The lowest BCUT2D eigenvalue weighted by Gasteiger charge is -2.21. The largest absolute Gasteiger partial charge is 0.333 e. The van der Waals surface area contributed by atoms with Crippen LogP contribution in [0, 0.1) is 5.92 Å². The zero-order valence-electron chi connectivity index (χ0n) is 11.0. The van der Waals surface area contributed by atoms with Gasteiger partial charge in [-0.3, -0.25) is 5.10 Å². The van der Waals surface area contributed by atoms with Gasteiger partial charge < -0.3 is 10.6 Å². The van der Waals surface area contributed by atoms with Gasteiger partial charge in [-0.1, -0.05) is 19.9 Å². The van der Waals surface area contributed by atoms with Crippen LogP contribution in [0.1, 0.15) is 30.5 Å². The van der Waals surface area contributed by atoms with Crippen LogP contribution in [0.5, 0.6) is 0 Å².